The SMILES string of the molecule is CNc1ccc(S(=O)(=O)N(C)CCOCC2CC2)cn1. The van der Waals surface area contributed by atoms with Crippen LogP contribution in [0.3, 0.4) is 0 Å². The molecule has 1 aliphatic rings. The summed E-state index contributed by atoms with van der Waals surface area (Å²) in [4.78, 5) is 4.22. The first-order chi connectivity index (χ1) is 9.54. The normalized spacial score (nSPS) is 15.6. The topological polar surface area (TPSA) is 71.5 Å². The average molecular weight is 299 g/mol. The molecule has 0 amide bonds. The van der Waals surface area contributed by atoms with Gasteiger partial charge < -0.3 is 10.1 Å². The predicted octanol–water partition coefficient (Wildman–Crippen LogP) is 1.17. The van der Waals surface area contributed by atoms with Crippen LogP contribution in [0.4, 0.5) is 5.82 Å². The Bertz CT molecular complexity index is 526. The van der Waals surface area contributed by atoms with Gasteiger partial charge in [0.15, 0.2) is 0 Å². The Labute approximate surface area is 120 Å². The first-order valence-electron chi connectivity index (χ1n) is 6.72. The maximum Gasteiger partial charge on any atom is 0.244 e. The average Bonchev–Trinajstić information content (AvgIpc) is 3.27. The first kappa shape index (κ1) is 15.2. The van der Waals surface area contributed by atoms with Gasteiger partial charge in [0.2, 0.25) is 10.0 Å². The van der Waals surface area contributed by atoms with Gasteiger partial charge in [0.05, 0.1) is 6.61 Å². The molecular weight excluding hydrogens is 278 g/mol. The number of hydrogen-bond acceptors (Lipinski definition) is 5. The number of rotatable bonds is 8. The highest BCUT2D eigenvalue weighted by Gasteiger charge is 2.23. The Morgan fingerprint density at radius 1 is 1.45 bits per heavy atom. The molecule has 0 radical (unpaired) electrons. The van der Waals surface area contributed by atoms with E-state index in [1.54, 1.807) is 26.2 Å². The fraction of sp³-hybridized carbons (Fsp3) is 0.615. The molecule has 1 heterocycles. The summed E-state index contributed by atoms with van der Waals surface area (Å²) >= 11 is 0. The molecule has 7 heteroatoms. The van der Waals surface area contributed by atoms with E-state index in [1.165, 1.54) is 23.3 Å². The largest absolute Gasteiger partial charge is 0.380 e. The molecule has 20 heavy (non-hydrogen) atoms. The van der Waals surface area contributed by atoms with E-state index in [9.17, 15) is 8.42 Å². The lowest BCUT2D eigenvalue weighted by molar-refractivity contribution is 0.117. The van der Waals surface area contributed by atoms with Crippen LogP contribution in [0, 0.1) is 5.92 Å². The molecule has 0 atom stereocenters. The molecule has 1 saturated carbocycles. The second kappa shape index (κ2) is 6.51. The van der Waals surface area contributed by atoms with Gasteiger partial charge in [-0.3, -0.25) is 0 Å². The van der Waals surface area contributed by atoms with Crippen LogP contribution >= 0.6 is 0 Å². The molecule has 0 saturated heterocycles. The highest BCUT2D eigenvalue weighted by atomic mass is 32.2. The van der Waals surface area contributed by atoms with Crippen LogP contribution in [-0.4, -0.2) is 51.6 Å². The van der Waals surface area contributed by atoms with Crippen molar-refractivity contribution >= 4 is 15.8 Å². The van der Waals surface area contributed by atoms with Crippen LogP contribution in [-0.2, 0) is 14.8 Å². The van der Waals surface area contributed by atoms with Gasteiger partial charge in [-0.2, -0.15) is 4.31 Å². The van der Waals surface area contributed by atoms with Gasteiger partial charge in [-0.1, -0.05) is 0 Å². The third kappa shape index (κ3) is 3.91. The number of nitrogens with one attached hydrogen (secondary N) is 1. The van der Waals surface area contributed by atoms with E-state index in [-0.39, 0.29) is 4.90 Å². The number of likely N-dealkylation sites (N-methyl/N-ethyl adjacent to an activating group) is 1. The monoisotopic (exact) mass is 299 g/mol. The zero-order chi connectivity index (χ0) is 14.6. The van der Waals surface area contributed by atoms with E-state index >= 15 is 0 Å². The van der Waals surface area contributed by atoms with Crippen molar-refractivity contribution in [3.63, 3.8) is 0 Å². The summed E-state index contributed by atoms with van der Waals surface area (Å²) in [5, 5.41) is 2.85. The van der Waals surface area contributed by atoms with Crippen LogP contribution in [0.25, 0.3) is 0 Å². The number of aromatic nitrogens is 1. The van der Waals surface area contributed by atoms with Crippen LogP contribution < -0.4 is 5.32 Å². The molecule has 0 aliphatic heterocycles. The molecule has 2 rings (SSSR count). The molecule has 6 nitrogen and oxygen atoms in total. The van der Waals surface area contributed by atoms with Crippen molar-refractivity contribution < 1.29 is 13.2 Å². The van der Waals surface area contributed by atoms with Gasteiger partial charge in [-0.05, 0) is 30.9 Å². The van der Waals surface area contributed by atoms with Crippen molar-refractivity contribution in [3.05, 3.63) is 18.3 Å². The molecular formula is C13H21N3O3S. The van der Waals surface area contributed by atoms with E-state index in [2.05, 4.69) is 10.3 Å². The number of hydrogen-bond donors (Lipinski definition) is 1. The first-order valence-corrected chi connectivity index (χ1v) is 8.16. The minimum Gasteiger partial charge on any atom is -0.380 e. The van der Waals surface area contributed by atoms with Gasteiger partial charge in [0.1, 0.15) is 10.7 Å². The molecule has 0 aromatic carbocycles. The third-order valence-electron chi connectivity index (χ3n) is 3.30. The van der Waals surface area contributed by atoms with Crippen LogP contribution in [0.5, 0.6) is 0 Å². The quantitative estimate of drug-likeness (QED) is 0.730. The number of anilines is 1. The van der Waals surface area contributed by atoms with E-state index in [1.807, 2.05) is 0 Å². The van der Waals surface area contributed by atoms with Crippen molar-refractivity contribution in [2.45, 2.75) is 17.7 Å². The summed E-state index contributed by atoms with van der Waals surface area (Å²) < 4.78 is 31.3. The second-order valence-corrected chi connectivity index (χ2v) is 7.02. The number of ether oxygens (including phenoxy) is 1. The molecule has 1 aliphatic carbocycles. The molecule has 1 fully saturated rings. The summed E-state index contributed by atoms with van der Waals surface area (Å²) in [6, 6.07) is 3.19. The molecule has 1 aromatic heterocycles. The number of sulfonamides is 1. The lowest BCUT2D eigenvalue weighted by Gasteiger charge is -2.17. The Kier molecular flexibility index (Phi) is 4.95. The van der Waals surface area contributed by atoms with E-state index < -0.39 is 10.0 Å². The van der Waals surface area contributed by atoms with E-state index in [0.717, 1.165) is 6.61 Å². The zero-order valence-corrected chi connectivity index (χ0v) is 12.7. The zero-order valence-electron chi connectivity index (χ0n) is 11.9. The maximum atomic E-state index is 12.3. The van der Waals surface area contributed by atoms with Crippen LogP contribution in [0.1, 0.15) is 12.8 Å². The maximum absolute atomic E-state index is 12.3. The second-order valence-electron chi connectivity index (χ2n) is 4.97. The minimum absolute atomic E-state index is 0.196. The summed E-state index contributed by atoms with van der Waals surface area (Å²) in [6.07, 6.45) is 3.83. The molecule has 1 N–H and O–H groups in total. The lowest BCUT2D eigenvalue weighted by Crippen LogP contribution is -2.30. The van der Waals surface area contributed by atoms with E-state index in [0.29, 0.717) is 24.9 Å². The number of nitrogens with zero attached hydrogens (tertiary/aromatic N) is 2. The van der Waals surface area contributed by atoms with Gasteiger partial charge in [0.25, 0.3) is 0 Å². The van der Waals surface area contributed by atoms with Crippen molar-refractivity contribution in [3.8, 4) is 0 Å². The molecule has 0 unspecified atom stereocenters. The van der Waals surface area contributed by atoms with Crippen molar-refractivity contribution in [1.82, 2.24) is 9.29 Å². The molecule has 0 bridgehead atoms. The van der Waals surface area contributed by atoms with Crippen LogP contribution in [0.2, 0.25) is 0 Å². The van der Waals surface area contributed by atoms with Gasteiger partial charge in [-0.15, -0.1) is 0 Å². The number of pyridine rings is 1. The van der Waals surface area contributed by atoms with E-state index in [4.69, 9.17) is 4.74 Å². The fourth-order valence-electron chi connectivity index (χ4n) is 1.71. The minimum atomic E-state index is -3.49. The van der Waals surface area contributed by atoms with Crippen molar-refractivity contribution in [2.75, 3.05) is 39.2 Å². The lowest BCUT2D eigenvalue weighted by atomic mass is 10.5. The van der Waals surface area contributed by atoms with Crippen molar-refractivity contribution in [2.24, 2.45) is 5.92 Å². The standard InChI is InChI=1S/C13H21N3O3S/c1-14-13-6-5-12(9-15-13)20(17,18)16(2)7-8-19-10-11-3-4-11/h5-6,9,11H,3-4,7-8,10H2,1-2H3,(H,14,15). The smallest absolute Gasteiger partial charge is 0.244 e. The summed E-state index contributed by atoms with van der Waals surface area (Å²) in [5.41, 5.74) is 0. The summed E-state index contributed by atoms with van der Waals surface area (Å²) in [5.74, 6) is 1.33. The van der Waals surface area contributed by atoms with Gasteiger partial charge in [0, 0.05) is 33.4 Å². The van der Waals surface area contributed by atoms with Gasteiger partial charge >= 0.3 is 0 Å². The summed E-state index contributed by atoms with van der Waals surface area (Å²) in [7, 11) is -0.193. The summed E-state index contributed by atoms with van der Waals surface area (Å²) in [6.45, 7) is 1.52. The Morgan fingerprint density at radius 2 is 2.20 bits per heavy atom. The van der Waals surface area contributed by atoms with Crippen molar-refractivity contribution in [1.29, 1.82) is 0 Å². The Hall–Kier alpha value is -1.18. The Morgan fingerprint density at radius 3 is 2.75 bits per heavy atom. The van der Waals surface area contributed by atoms with Gasteiger partial charge in [-0.25, -0.2) is 13.4 Å². The Balaban J connectivity index is 1.89. The molecule has 112 valence electrons. The molecule has 1 aromatic rings. The highest BCUT2D eigenvalue weighted by Crippen LogP contribution is 2.28. The molecule has 0 spiro atoms. The fourth-order valence-corrected chi connectivity index (χ4v) is 2.81. The van der Waals surface area contributed by atoms with Crippen LogP contribution in [0.15, 0.2) is 23.2 Å². The third-order valence-corrected chi connectivity index (χ3v) is 5.14. The highest BCUT2D eigenvalue weighted by molar-refractivity contribution is 7.89. The predicted molar refractivity (Wildman–Crippen MR) is 77.1 cm³/mol.